The number of ether oxygens (including phenoxy) is 1. The van der Waals surface area contributed by atoms with Crippen LogP contribution >= 0.6 is 0 Å². The van der Waals surface area contributed by atoms with Crippen LogP contribution in [0.1, 0.15) is 126 Å². The van der Waals surface area contributed by atoms with Crippen LogP contribution in [0.25, 0.3) is 0 Å². The van der Waals surface area contributed by atoms with Gasteiger partial charge in [0.2, 0.25) is 0 Å². The molecule has 34 heavy (non-hydrogen) atoms. The van der Waals surface area contributed by atoms with Crippen molar-refractivity contribution < 1.29 is 14.3 Å². The molecule has 1 aromatic carbocycles. The number of epoxide rings is 1. The summed E-state index contributed by atoms with van der Waals surface area (Å²) >= 11 is 0. The summed E-state index contributed by atoms with van der Waals surface area (Å²) in [6.45, 7) is 13.3. The van der Waals surface area contributed by atoms with E-state index in [9.17, 15) is 9.59 Å². The van der Waals surface area contributed by atoms with Gasteiger partial charge < -0.3 is 4.74 Å². The molecular formula is C31H46O3. The molecule has 0 aromatic heterocycles. The van der Waals surface area contributed by atoms with E-state index < -0.39 is 11.2 Å². The Labute approximate surface area is 207 Å². The van der Waals surface area contributed by atoms with Crippen molar-refractivity contribution in [3.8, 4) is 0 Å². The molecule has 0 spiro atoms. The van der Waals surface area contributed by atoms with Crippen LogP contribution in [-0.2, 0) is 4.74 Å². The predicted molar refractivity (Wildman–Crippen MR) is 140 cm³/mol. The third-order valence-corrected chi connectivity index (χ3v) is 8.20. The SMILES string of the molecule is C/C(=C\C[C@@]12O[C@]1(C)C(=O)c1ccccc1C2=O)CCC[C@@H](C)CCC[C@H](C)CCCC(C)C. The van der Waals surface area contributed by atoms with E-state index in [0.29, 0.717) is 17.5 Å². The molecular weight excluding hydrogens is 420 g/mol. The van der Waals surface area contributed by atoms with Crippen LogP contribution in [0.5, 0.6) is 0 Å². The van der Waals surface area contributed by atoms with Gasteiger partial charge in [0.1, 0.15) is 0 Å². The molecule has 2 aliphatic rings. The highest BCUT2D eigenvalue weighted by Crippen LogP contribution is 2.57. The zero-order chi connectivity index (χ0) is 24.9. The number of carbonyl (C=O) groups excluding carboxylic acids is 2. The number of benzene rings is 1. The predicted octanol–water partition coefficient (Wildman–Crippen LogP) is 8.37. The Balaban J connectivity index is 1.39. The van der Waals surface area contributed by atoms with Gasteiger partial charge in [-0.25, -0.2) is 0 Å². The van der Waals surface area contributed by atoms with Gasteiger partial charge in [-0.2, -0.15) is 0 Å². The van der Waals surface area contributed by atoms with Crippen LogP contribution in [-0.4, -0.2) is 22.8 Å². The third-order valence-electron chi connectivity index (χ3n) is 8.20. The van der Waals surface area contributed by atoms with Crippen LogP contribution in [0.3, 0.4) is 0 Å². The smallest absolute Gasteiger partial charge is 0.199 e. The van der Waals surface area contributed by atoms with Crippen molar-refractivity contribution in [2.45, 2.75) is 117 Å². The minimum atomic E-state index is -1.00. The summed E-state index contributed by atoms with van der Waals surface area (Å²) in [5, 5.41) is 0. The second kappa shape index (κ2) is 11.3. The maximum absolute atomic E-state index is 13.2. The van der Waals surface area contributed by atoms with E-state index in [-0.39, 0.29) is 11.6 Å². The van der Waals surface area contributed by atoms with E-state index in [1.807, 2.05) is 12.1 Å². The first-order valence-corrected chi connectivity index (χ1v) is 13.6. The highest BCUT2D eigenvalue weighted by atomic mass is 16.6. The van der Waals surface area contributed by atoms with Gasteiger partial charge in [-0.3, -0.25) is 9.59 Å². The monoisotopic (exact) mass is 466 g/mol. The van der Waals surface area contributed by atoms with Crippen LogP contribution in [0.4, 0.5) is 0 Å². The van der Waals surface area contributed by atoms with E-state index in [2.05, 4.69) is 40.7 Å². The second-order valence-corrected chi connectivity index (χ2v) is 11.8. The number of hydrogen-bond acceptors (Lipinski definition) is 3. The summed E-state index contributed by atoms with van der Waals surface area (Å²) in [5.74, 6) is 2.34. The molecule has 0 bridgehead atoms. The second-order valence-electron chi connectivity index (χ2n) is 11.8. The lowest BCUT2D eigenvalue weighted by molar-refractivity contribution is 0.0847. The van der Waals surface area contributed by atoms with E-state index in [1.54, 1.807) is 19.1 Å². The topological polar surface area (TPSA) is 46.7 Å². The summed E-state index contributed by atoms with van der Waals surface area (Å²) in [6.07, 6.45) is 14.2. The molecule has 0 amide bonds. The largest absolute Gasteiger partial charge is 0.345 e. The van der Waals surface area contributed by atoms with E-state index in [0.717, 1.165) is 24.2 Å². The van der Waals surface area contributed by atoms with Crippen molar-refractivity contribution in [1.29, 1.82) is 0 Å². The Bertz CT molecular complexity index is 898. The zero-order valence-electron chi connectivity index (χ0n) is 22.4. The first kappa shape index (κ1) is 26.9. The lowest BCUT2D eigenvalue weighted by Gasteiger charge is -2.22. The molecule has 3 rings (SSSR count). The highest BCUT2D eigenvalue weighted by molar-refractivity contribution is 6.25. The summed E-state index contributed by atoms with van der Waals surface area (Å²) in [7, 11) is 0. The molecule has 4 atom stereocenters. The van der Waals surface area contributed by atoms with Crippen molar-refractivity contribution >= 4 is 11.6 Å². The third kappa shape index (κ3) is 5.90. The van der Waals surface area contributed by atoms with Crippen LogP contribution in [0.15, 0.2) is 35.9 Å². The minimum absolute atomic E-state index is 0.0405. The van der Waals surface area contributed by atoms with Gasteiger partial charge in [0.25, 0.3) is 0 Å². The van der Waals surface area contributed by atoms with E-state index in [1.165, 1.54) is 56.9 Å². The number of hydrogen-bond donors (Lipinski definition) is 0. The molecule has 0 radical (unpaired) electrons. The molecule has 1 aliphatic carbocycles. The van der Waals surface area contributed by atoms with Gasteiger partial charge in [0.05, 0.1) is 0 Å². The van der Waals surface area contributed by atoms with Gasteiger partial charge >= 0.3 is 0 Å². The minimum Gasteiger partial charge on any atom is -0.345 e. The number of ketones is 2. The molecule has 0 saturated carbocycles. The summed E-state index contributed by atoms with van der Waals surface area (Å²) in [6, 6.07) is 7.12. The Kier molecular flexibility index (Phi) is 8.95. The number of fused-ring (bicyclic) bond motifs is 2. The van der Waals surface area contributed by atoms with E-state index in [4.69, 9.17) is 4.74 Å². The summed E-state index contributed by atoms with van der Waals surface area (Å²) in [4.78, 5) is 26.1. The van der Waals surface area contributed by atoms with Crippen molar-refractivity contribution in [3.63, 3.8) is 0 Å². The molecule has 188 valence electrons. The van der Waals surface area contributed by atoms with Crippen LogP contribution in [0, 0.1) is 17.8 Å². The fourth-order valence-corrected chi connectivity index (χ4v) is 5.63. The number of rotatable bonds is 14. The Hall–Kier alpha value is -1.74. The Morgan fingerprint density at radius 1 is 0.853 bits per heavy atom. The molecule has 3 nitrogen and oxygen atoms in total. The molecule has 3 heteroatoms. The average molecular weight is 467 g/mol. The van der Waals surface area contributed by atoms with Gasteiger partial charge in [-0.1, -0.05) is 109 Å². The first-order valence-electron chi connectivity index (χ1n) is 13.6. The molecule has 1 saturated heterocycles. The van der Waals surface area contributed by atoms with Gasteiger partial charge in [0, 0.05) is 17.5 Å². The zero-order valence-corrected chi connectivity index (χ0v) is 22.4. The van der Waals surface area contributed by atoms with Crippen molar-refractivity contribution in [2.75, 3.05) is 0 Å². The van der Waals surface area contributed by atoms with Crippen LogP contribution in [0.2, 0.25) is 0 Å². The van der Waals surface area contributed by atoms with Crippen molar-refractivity contribution in [3.05, 3.63) is 47.0 Å². The number of Topliss-reactive ketones (excluding diaryl/α,β-unsaturated/α-hetero) is 2. The highest BCUT2D eigenvalue weighted by Gasteiger charge is 2.77. The van der Waals surface area contributed by atoms with Crippen LogP contribution < -0.4 is 0 Å². The maximum Gasteiger partial charge on any atom is 0.199 e. The molecule has 1 aliphatic heterocycles. The molecule has 0 unspecified atom stereocenters. The number of allylic oxidation sites excluding steroid dienone is 1. The number of carbonyl (C=O) groups is 2. The molecule has 1 fully saturated rings. The lowest BCUT2D eigenvalue weighted by Crippen LogP contribution is -2.43. The van der Waals surface area contributed by atoms with Gasteiger partial charge in [0.15, 0.2) is 22.8 Å². The first-order chi connectivity index (χ1) is 16.1. The fourth-order valence-electron chi connectivity index (χ4n) is 5.63. The normalized spacial score (nSPS) is 25.8. The fraction of sp³-hybridized carbons (Fsp3) is 0.677. The molecule has 1 aromatic rings. The van der Waals surface area contributed by atoms with E-state index >= 15 is 0 Å². The standard InChI is InChI=1S/C31H46O3/c1-22(2)12-9-13-23(3)14-10-15-24(4)16-11-17-25(5)20-21-31-29(33)27-19-8-7-18-26(27)28(32)30(31,6)34-31/h7-8,18-20,22-24H,9-17,21H2,1-6H3/b25-20+/t23-,24+,30-,31+/m1/s1. The Morgan fingerprint density at radius 2 is 1.38 bits per heavy atom. The van der Waals surface area contributed by atoms with Gasteiger partial charge in [-0.15, -0.1) is 0 Å². The van der Waals surface area contributed by atoms with Crippen molar-refractivity contribution in [1.82, 2.24) is 0 Å². The lowest BCUT2D eigenvalue weighted by atomic mass is 9.73. The quantitative estimate of drug-likeness (QED) is 0.204. The Morgan fingerprint density at radius 3 is 1.97 bits per heavy atom. The molecule has 0 N–H and O–H groups in total. The summed E-state index contributed by atoms with van der Waals surface area (Å²) in [5.41, 5.74) is 0.297. The summed E-state index contributed by atoms with van der Waals surface area (Å²) < 4.78 is 5.91. The average Bonchev–Trinajstić information content (AvgIpc) is 3.43. The van der Waals surface area contributed by atoms with Crippen molar-refractivity contribution in [2.24, 2.45) is 17.8 Å². The maximum atomic E-state index is 13.2. The molecule has 1 heterocycles. The van der Waals surface area contributed by atoms with Gasteiger partial charge in [-0.05, 0) is 44.4 Å².